The standard InChI is InChI=1S/C10H22N2O4/c1-9(8-16-2)11-10(15)7-12(3-5-13)4-6-14/h9,13-14H,3-8H2,1-2H3,(H,11,15). The lowest BCUT2D eigenvalue weighted by Gasteiger charge is -2.21. The number of hydrogen-bond acceptors (Lipinski definition) is 5. The average molecular weight is 234 g/mol. The summed E-state index contributed by atoms with van der Waals surface area (Å²) >= 11 is 0. The van der Waals surface area contributed by atoms with E-state index in [-0.39, 0.29) is 31.7 Å². The lowest BCUT2D eigenvalue weighted by molar-refractivity contribution is -0.123. The molecular weight excluding hydrogens is 212 g/mol. The first kappa shape index (κ1) is 15.3. The highest BCUT2D eigenvalue weighted by Gasteiger charge is 2.11. The summed E-state index contributed by atoms with van der Waals surface area (Å²) in [5.74, 6) is -0.133. The van der Waals surface area contributed by atoms with Crippen molar-refractivity contribution in [2.24, 2.45) is 0 Å². The number of carbonyl (C=O) groups excluding carboxylic acids is 1. The van der Waals surface area contributed by atoms with Crippen LogP contribution in [0.4, 0.5) is 0 Å². The van der Waals surface area contributed by atoms with E-state index >= 15 is 0 Å². The molecule has 1 atom stereocenters. The molecule has 0 heterocycles. The highest BCUT2D eigenvalue weighted by Crippen LogP contribution is 1.89. The Kier molecular flexibility index (Phi) is 9.12. The third-order valence-electron chi connectivity index (χ3n) is 2.02. The molecule has 0 saturated heterocycles. The van der Waals surface area contributed by atoms with Crippen LogP contribution in [0.5, 0.6) is 0 Å². The van der Waals surface area contributed by atoms with Crippen LogP contribution in [0.2, 0.25) is 0 Å². The van der Waals surface area contributed by atoms with Crippen LogP contribution >= 0.6 is 0 Å². The molecule has 0 aliphatic carbocycles. The SMILES string of the molecule is COCC(C)NC(=O)CN(CCO)CCO. The van der Waals surface area contributed by atoms with E-state index in [2.05, 4.69) is 5.32 Å². The van der Waals surface area contributed by atoms with Gasteiger partial charge in [-0.15, -0.1) is 0 Å². The summed E-state index contributed by atoms with van der Waals surface area (Å²) in [6.45, 7) is 3.20. The Bertz CT molecular complexity index is 184. The Morgan fingerprint density at radius 3 is 2.38 bits per heavy atom. The monoisotopic (exact) mass is 234 g/mol. The van der Waals surface area contributed by atoms with Crippen molar-refractivity contribution < 1.29 is 19.7 Å². The number of carbonyl (C=O) groups is 1. The molecule has 16 heavy (non-hydrogen) atoms. The van der Waals surface area contributed by atoms with Crippen LogP contribution in [0.3, 0.4) is 0 Å². The van der Waals surface area contributed by atoms with Gasteiger partial charge in [-0.2, -0.15) is 0 Å². The van der Waals surface area contributed by atoms with E-state index in [4.69, 9.17) is 14.9 Å². The van der Waals surface area contributed by atoms with Crippen molar-refractivity contribution in [2.75, 3.05) is 46.6 Å². The van der Waals surface area contributed by atoms with Crippen LogP contribution in [0.1, 0.15) is 6.92 Å². The molecule has 3 N–H and O–H groups in total. The third kappa shape index (κ3) is 7.58. The first-order valence-corrected chi connectivity index (χ1v) is 5.36. The highest BCUT2D eigenvalue weighted by atomic mass is 16.5. The van der Waals surface area contributed by atoms with Crippen molar-refractivity contribution >= 4 is 5.91 Å². The Morgan fingerprint density at radius 1 is 1.38 bits per heavy atom. The summed E-state index contributed by atoms with van der Waals surface area (Å²) in [5, 5.41) is 20.3. The molecule has 0 bridgehead atoms. The van der Waals surface area contributed by atoms with Gasteiger partial charge in [-0.3, -0.25) is 9.69 Å². The van der Waals surface area contributed by atoms with Crippen molar-refractivity contribution in [1.82, 2.24) is 10.2 Å². The lowest BCUT2D eigenvalue weighted by Crippen LogP contribution is -2.44. The fourth-order valence-corrected chi connectivity index (χ4v) is 1.37. The van der Waals surface area contributed by atoms with E-state index in [1.165, 1.54) is 0 Å². The molecule has 0 rings (SSSR count). The number of nitrogens with one attached hydrogen (secondary N) is 1. The van der Waals surface area contributed by atoms with E-state index in [0.29, 0.717) is 19.7 Å². The fraction of sp³-hybridized carbons (Fsp3) is 0.900. The van der Waals surface area contributed by atoms with Gasteiger partial charge in [0.2, 0.25) is 5.91 Å². The Balaban J connectivity index is 3.88. The number of ether oxygens (including phenoxy) is 1. The van der Waals surface area contributed by atoms with Crippen LogP contribution in [0.25, 0.3) is 0 Å². The first-order valence-electron chi connectivity index (χ1n) is 5.36. The molecule has 1 unspecified atom stereocenters. The van der Waals surface area contributed by atoms with Crippen molar-refractivity contribution in [2.45, 2.75) is 13.0 Å². The normalized spacial score (nSPS) is 12.8. The van der Waals surface area contributed by atoms with Gasteiger partial charge in [0, 0.05) is 26.2 Å². The maximum atomic E-state index is 11.5. The summed E-state index contributed by atoms with van der Waals surface area (Å²) in [6, 6.07) is -0.0393. The minimum atomic E-state index is -0.133. The van der Waals surface area contributed by atoms with Gasteiger partial charge in [-0.25, -0.2) is 0 Å². The largest absolute Gasteiger partial charge is 0.395 e. The van der Waals surface area contributed by atoms with E-state index in [1.807, 2.05) is 6.92 Å². The Morgan fingerprint density at radius 2 is 1.94 bits per heavy atom. The van der Waals surface area contributed by atoms with Gasteiger partial charge in [0.25, 0.3) is 0 Å². The van der Waals surface area contributed by atoms with Crippen molar-refractivity contribution in [3.63, 3.8) is 0 Å². The zero-order valence-corrected chi connectivity index (χ0v) is 9.98. The van der Waals surface area contributed by atoms with Gasteiger partial charge in [-0.1, -0.05) is 0 Å². The molecule has 0 aliphatic heterocycles. The summed E-state index contributed by atoms with van der Waals surface area (Å²) < 4.78 is 4.90. The molecule has 0 saturated carbocycles. The molecule has 0 radical (unpaired) electrons. The van der Waals surface area contributed by atoms with Crippen LogP contribution in [-0.4, -0.2) is 73.6 Å². The third-order valence-corrected chi connectivity index (χ3v) is 2.02. The zero-order chi connectivity index (χ0) is 12.4. The number of rotatable bonds is 9. The molecule has 0 aliphatic rings. The highest BCUT2D eigenvalue weighted by molar-refractivity contribution is 5.78. The molecule has 0 aromatic heterocycles. The maximum absolute atomic E-state index is 11.5. The number of hydrogen-bond donors (Lipinski definition) is 3. The van der Waals surface area contributed by atoms with Gasteiger partial charge >= 0.3 is 0 Å². The number of methoxy groups -OCH3 is 1. The second-order valence-electron chi connectivity index (χ2n) is 3.65. The molecular formula is C10H22N2O4. The number of aliphatic hydroxyl groups excluding tert-OH is 2. The number of aliphatic hydroxyl groups is 2. The molecule has 0 fully saturated rings. The second-order valence-corrected chi connectivity index (χ2v) is 3.65. The average Bonchev–Trinajstić information content (AvgIpc) is 2.18. The van der Waals surface area contributed by atoms with Crippen molar-refractivity contribution in [1.29, 1.82) is 0 Å². The molecule has 6 heteroatoms. The van der Waals surface area contributed by atoms with Crippen molar-refractivity contribution in [3.05, 3.63) is 0 Å². The van der Waals surface area contributed by atoms with E-state index in [0.717, 1.165) is 0 Å². The minimum Gasteiger partial charge on any atom is -0.395 e. The van der Waals surface area contributed by atoms with Gasteiger partial charge < -0.3 is 20.3 Å². The van der Waals surface area contributed by atoms with Crippen LogP contribution in [-0.2, 0) is 9.53 Å². The fourth-order valence-electron chi connectivity index (χ4n) is 1.37. The van der Waals surface area contributed by atoms with Crippen LogP contribution < -0.4 is 5.32 Å². The molecule has 0 aromatic rings. The van der Waals surface area contributed by atoms with Gasteiger partial charge in [0.05, 0.1) is 26.4 Å². The predicted molar refractivity (Wildman–Crippen MR) is 60.1 cm³/mol. The molecule has 0 aromatic carbocycles. The molecule has 96 valence electrons. The van der Waals surface area contributed by atoms with Crippen LogP contribution in [0, 0.1) is 0 Å². The summed E-state index contributed by atoms with van der Waals surface area (Å²) in [6.07, 6.45) is 0. The zero-order valence-electron chi connectivity index (χ0n) is 9.98. The molecule has 1 amide bonds. The van der Waals surface area contributed by atoms with Crippen molar-refractivity contribution in [3.8, 4) is 0 Å². The Labute approximate surface area is 96.2 Å². The number of amides is 1. The lowest BCUT2D eigenvalue weighted by atomic mass is 10.3. The van der Waals surface area contributed by atoms with Gasteiger partial charge in [0.15, 0.2) is 0 Å². The quantitative estimate of drug-likeness (QED) is 0.449. The van der Waals surface area contributed by atoms with Gasteiger partial charge in [-0.05, 0) is 6.92 Å². The minimum absolute atomic E-state index is 0.0269. The number of nitrogens with zero attached hydrogens (tertiary/aromatic N) is 1. The topological polar surface area (TPSA) is 82.0 Å². The molecule has 0 spiro atoms. The first-order chi connectivity index (χ1) is 7.63. The summed E-state index contributed by atoms with van der Waals surface area (Å²) in [4.78, 5) is 13.2. The van der Waals surface area contributed by atoms with Crippen LogP contribution in [0.15, 0.2) is 0 Å². The summed E-state index contributed by atoms with van der Waals surface area (Å²) in [5.41, 5.74) is 0. The smallest absolute Gasteiger partial charge is 0.234 e. The predicted octanol–water partition coefficient (Wildman–Crippen LogP) is -1.58. The van der Waals surface area contributed by atoms with E-state index < -0.39 is 0 Å². The molecule has 6 nitrogen and oxygen atoms in total. The van der Waals surface area contributed by atoms with E-state index in [1.54, 1.807) is 12.0 Å². The van der Waals surface area contributed by atoms with E-state index in [9.17, 15) is 4.79 Å². The second kappa shape index (κ2) is 9.53. The van der Waals surface area contributed by atoms with Gasteiger partial charge in [0.1, 0.15) is 0 Å². The summed E-state index contributed by atoms with van der Waals surface area (Å²) in [7, 11) is 1.58. The maximum Gasteiger partial charge on any atom is 0.234 e. The Hall–Kier alpha value is -0.690.